The van der Waals surface area contributed by atoms with Crippen molar-refractivity contribution in [2.45, 2.75) is 56.5 Å². The number of carbonyl (C=O) groups is 2. The smallest absolute Gasteiger partial charge is 0.253 e. The number of hydrogen-bond donors (Lipinski definition) is 2. The van der Waals surface area contributed by atoms with Crippen LogP contribution in [0.1, 0.15) is 49.9 Å². The summed E-state index contributed by atoms with van der Waals surface area (Å²) in [6, 6.07) is 6.06. The molecule has 0 radical (unpaired) electrons. The van der Waals surface area contributed by atoms with E-state index in [0.29, 0.717) is 24.7 Å². The number of piperidine rings is 1. The lowest BCUT2D eigenvalue weighted by atomic mass is 9.96. The average Bonchev–Trinajstić information content (AvgIpc) is 3.44. The van der Waals surface area contributed by atoms with Crippen LogP contribution < -0.4 is 10.0 Å². The first-order valence-corrected chi connectivity index (χ1v) is 11.0. The fourth-order valence-corrected chi connectivity index (χ4v) is 4.51. The molecule has 0 bridgehead atoms. The number of likely N-dealkylation sites (tertiary alicyclic amines) is 1. The molecule has 2 aliphatic rings. The number of benzene rings is 1. The minimum Gasteiger partial charge on any atom is -0.353 e. The Morgan fingerprint density at radius 2 is 1.78 bits per heavy atom. The van der Waals surface area contributed by atoms with Gasteiger partial charge in [-0.2, -0.15) is 0 Å². The van der Waals surface area contributed by atoms with Crippen LogP contribution in [-0.4, -0.2) is 50.3 Å². The van der Waals surface area contributed by atoms with E-state index in [1.165, 1.54) is 24.3 Å². The van der Waals surface area contributed by atoms with Gasteiger partial charge < -0.3 is 10.2 Å². The van der Waals surface area contributed by atoms with Gasteiger partial charge in [0.25, 0.3) is 5.91 Å². The summed E-state index contributed by atoms with van der Waals surface area (Å²) in [6.45, 7) is 4.52. The number of rotatable bonds is 6. The van der Waals surface area contributed by atoms with E-state index in [1.807, 2.05) is 0 Å². The summed E-state index contributed by atoms with van der Waals surface area (Å²) in [6.07, 6.45) is 3.67. The van der Waals surface area contributed by atoms with E-state index < -0.39 is 10.0 Å². The molecule has 1 aromatic rings. The highest BCUT2D eigenvalue weighted by molar-refractivity contribution is 7.89. The van der Waals surface area contributed by atoms with Crippen molar-refractivity contribution in [2.24, 2.45) is 5.92 Å². The second-order valence-corrected chi connectivity index (χ2v) is 9.39. The molecule has 2 amide bonds. The van der Waals surface area contributed by atoms with Crippen molar-refractivity contribution in [3.8, 4) is 0 Å². The summed E-state index contributed by atoms with van der Waals surface area (Å²) in [7, 11) is -3.58. The maximum Gasteiger partial charge on any atom is 0.253 e. The Balaban J connectivity index is 1.65. The summed E-state index contributed by atoms with van der Waals surface area (Å²) >= 11 is 0. The zero-order valence-corrected chi connectivity index (χ0v) is 16.6. The van der Waals surface area contributed by atoms with Crippen LogP contribution in [0.5, 0.6) is 0 Å². The van der Waals surface area contributed by atoms with Crippen LogP contribution in [0, 0.1) is 5.92 Å². The second kappa shape index (κ2) is 7.98. The number of carbonyl (C=O) groups excluding carboxylic acids is 2. The Morgan fingerprint density at radius 1 is 1.11 bits per heavy atom. The topological polar surface area (TPSA) is 95.6 Å². The zero-order valence-electron chi connectivity index (χ0n) is 15.8. The monoisotopic (exact) mass is 393 g/mol. The predicted molar refractivity (Wildman–Crippen MR) is 102 cm³/mol. The van der Waals surface area contributed by atoms with Gasteiger partial charge in [0.15, 0.2) is 0 Å². The molecule has 1 heterocycles. The average molecular weight is 394 g/mol. The first-order chi connectivity index (χ1) is 12.8. The summed E-state index contributed by atoms with van der Waals surface area (Å²) < 4.78 is 26.9. The number of sulfonamides is 1. The Hall–Kier alpha value is -1.93. The molecular formula is C19H27N3O4S. The van der Waals surface area contributed by atoms with Crippen molar-refractivity contribution in [3.63, 3.8) is 0 Å². The van der Waals surface area contributed by atoms with E-state index in [0.717, 1.165) is 25.7 Å². The fourth-order valence-electron chi connectivity index (χ4n) is 3.26. The summed E-state index contributed by atoms with van der Waals surface area (Å²) in [5.74, 6) is -0.297. The van der Waals surface area contributed by atoms with Gasteiger partial charge in [-0.1, -0.05) is 0 Å². The van der Waals surface area contributed by atoms with E-state index in [4.69, 9.17) is 0 Å². The largest absolute Gasteiger partial charge is 0.353 e. The molecule has 2 fully saturated rings. The molecule has 1 aliphatic carbocycles. The lowest BCUT2D eigenvalue weighted by Gasteiger charge is -2.32. The van der Waals surface area contributed by atoms with Gasteiger partial charge in [-0.25, -0.2) is 13.1 Å². The number of amides is 2. The lowest BCUT2D eigenvalue weighted by molar-refractivity contribution is -0.126. The predicted octanol–water partition coefficient (Wildman–Crippen LogP) is 1.50. The molecule has 1 aliphatic heterocycles. The highest BCUT2D eigenvalue weighted by Crippen LogP contribution is 2.23. The molecule has 0 spiro atoms. The number of hydrogen-bond acceptors (Lipinski definition) is 4. The SMILES string of the molecule is CC(C)NS(=O)(=O)c1ccc(C(=O)N2CCCC(C(=O)NC3CC3)C2)cc1. The van der Waals surface area contributed by atoms with Gasteiger partial charge in [0, 0.05) is 30.7 Å². The molecule has 27 heavy (non-hydrogen) atoms. The molecule has 1 unspecified atom stereocenters. The standard InChI is InChI=1S/C19H27N3O4S/c1-13(2)21-27(25,26)17-9-5-14(6-10-17)19(24)22-11-3-4-15(12-22)18(23)20-16-7-8-16/h5-6,9-10,13,15-16,21H,3-4,7-8,11-12H2,1-2H3,(H,20,23). The third-order valence-electron chi connectivity index (χ3n) is 4.81. The van der Waals surface area contributed by atoms with E-state index in [-0.39, 0.29) is 28.7 Å². The first kappa shape index (κ1) is 19.8. The first-order valence-electron chi connectivity index (χ1n) is 9.48. The highest BCUT2D eigenvalue weighted by Gasteiger charge is 2.32. The van der Waals surface area contributed by atoms with Gasteiger partial charge in [0.05, 0.1) is 10.8 Å². The third-order valence-corrected chi connectivity index (χ3v) is 6.48. The second-order valence-electron chi connectivity index (χ2n) is 7.67. The van der Waals surface area contributed by atoms with Crippen LogP contribution in [-0.2, 0) is 14.8 Å². The Kier molecular flexibility index (Phi) is 5.86. The maximum atomic E-state index is 12.8. The normalized spacial score (nSPS) is 20.6. The highest BCUT2D eigenvalue weighted by atomic mass is 32.2. The number of nitrogens with one attached hydrogen (secondary N) is 2. The molecule has 1 saturated heterocycles. The van der Waals surface area contributed by atoms with E-state index >= 15 is 0 Å². The van der Waals surface area contributed by atoms with Crippen LogP contribution in [0.25, 0.3) is 0 Å². The van der Waals surface area contributed by atoms with Crippen molar-refractivity contribution in [2.75, 3.05) is 13.1 Å². The van der Waals surface area contributed by atoms with Crippen molar-refractivity contribution in [1.29, 1.82) is 0 Å². The van der Waals surface area contributed by atoms with Crippen LogP contribution in [0.3, 0.4) is 0 Å². The molecule has 1 aromatic carbocycles. The Morgan fingerprint density at radius 3 is 2.37 bits per heavy atom. The minimum absolute atomic E-state index is 0.0381. The lowest BCUT2D eigenvalue weighted by Crippen LogP contribution is -2.45. The van der Waals surface area contributed by atoms with Crippen LogP contribution >= 0.6 is 0 Å². The minimum atomic E-state index is -3.58. The van der Waals surface area contributed by atoms with Crippen molar-refractivity contribution in [3.05, 3.63) is 29.8 Å². The summed E-state index contributed by atoms with van der Waals surface area (Å²) in [5, 5.41) is 3.01. The van der Waals surface area contributed by atoms with Crippen molar-refractivity contribution in [1.82, 2.24) is 14.9 Å². The van der Waals surface area contributed by atoms with Gasteiger partial charge in [-0.15, -0.1) is 0 Å². The molecule has 3 rings (SSSR count). The van der Waals surface area contributed by atoms with Gasteiger partial charge in [0.2, 0.25) is 15.9 Å². The quantitative estimate of drug-likeness (QED) is 0.766. The fraction of sp³-hybridized carbons (Fsp3) is 0.579. The Labute approximate surface area is 160 Å². The molecule has 1 saturated carbocycles. The number of nitrogens with zero attached hydrogens (tertiary/aromatic N) is 1. The van der Waals surface area contributed by atoms with Gasteiger partial charge in [0.1, 0.15) is 0 Å². The van der Waals surface area contributed by atoms with E-state index in [2.05, 4.69) is 10.0 Å². The maximum absolute atomic E-state index is 12.8. The summed E-state index contributed by atoms with van der Waals surface area (Å²) in [4.78, 5) is 26.9. The third kappa shape index (κ3) is 5.07. The van der Waals surface area contributed by atoms with Gasteiger partial charge >= 0.3 is 0 Å². The van der Waals surface area contributed by atoms with Crippen molar-refractivity contribution >= 4 is 21.8 Å². The van der Waals surface area contributed by atoms with Crippen molar-refractivity contribution < 1.29 is 18.0 Å². The molecule has 2 N–H and O–H groups in total. The van der Waals surface area contributed by atoms with Crippen LogP contribution in [0.2, 0.25) is 0 Å². The van der Waals surface area contributed by atoms with E-state index in [9.17, 15) is 18.0 Å². The van der Waals surface area contributed by atoms with Gasteiger partial charge in [-0.3, -0.25) is 9.59 Å². The van der Waals surface area contributed by atoms with Crippen LogP contribution in [0.15, 0.2) is 29.2 Å². The molecule has 148 valence electrons. The molecular weight excluding hydrogens is 366 g/mol. The molecule has 8 heteroatoms. The zero-order chi connectivity index (χ0) is 19.6. The summed E-state index contributed by atoms with van der Waals surface area (Å²) in [5.41, 5.74) is 0.432. The Bertz CT molecular complexity index is 801. The van der Waals surface area contributed by atoms with Crippen LogP contribution in [0.4, 0.5) is 0 Å². The molecule has 0 aromatic heterocycles. The molecule has 1 atom stereocenters. The molecule has 7 nitrogen and oxygen atoms in total. The van der Waals surface area contributed by atoms with E-state index in [1.54, 1.807) is 18.7 Å². The van der Waals surface area contributed by atoms with Gasteiger partial charge in [-0.05, 0) is 63.8 Å².